The summed E-state index contributed by atoms with van der Waals surface area (Å²) >= 11 is 0. The SMILES string of the molecule is CNCc1ccc(-c2cn(C)nc2C)c(C)c1. The molecule has 0 unspecified atom stereocenters. The molecular formula is C14H19N3. The molecule has 17 heavy (non-hydrogen) atoms. The highest BCUT2D eigenvalue weighted by Gasteiger charge is 2.08. The Hall–Kier alpha value is -1.61. The van der Waals surface area contributed by atoms with Crippen molar-refractivity contribution in [1.29, 1.82) is 0 Å². The van der Waals surface area contributed by atoms with Crippen LogP contribution in [0.1, 0.15) is 16.8 Å². The van der Waals surface area contributed by atoms with Gasteiger partial charge in [-0.15, -0.1) is 0 Å². The fourth-order valence-electron chi connectivity index (χ4n) is 2.21. The van der Waals surface area contributed by atoms with Crippen LogP contribution < -0.4 is 5.32 Å². The largest absolute Gasteiger partial charge is 0.316 e. The summed E-state index contributed by atoms with van der Waals surface area (Å²) in [6.45, 7) is 5.12. The van der Waals surface area contributed by atoms with E-state index >= 15 is 0 Å². The second kappa shape index (κ2) is 4.72. The van der Waals surface area contributed by atoms with Crippen LogP contribution in [0.3, 0.4) is 0 Å². The van der Waals surface area contributed by atoms with Gasteiger partial charge >= 0.3 is 0 Å². The van der Waals surface area contributed by atoms with Gasteiger partial charge in [0.1, 0.15) is 0 Å². The van der Waals surface area contributed by atoms with E-state index < -0.39 is 0 Å². The van der Waals surface area contributed by atoms with Crippen molar-refractivity contribution in [3.8, 4) is 11.1 Å². The summed E-state index contributed by atoms with van der Waals surface area (Å²) in [7, 11) is 3.93. The summed E-state index contributed by atoms with van der Waals surface area (Å²) in [6.07, 6.45) is 2.08. The Morgan fingerprint density at radius 1 is 1.24 bits per heavy atom. The molecule has 0 aliphatic rings. The smallest absolute Gasteiger partial charge is 0.0672 e. The van der Waals surface area contributed by atoms with Gasteiger partial charge in [-0.05, 0) is 37.6 Å². The quantitative estimate of drug-likeness (QED) is 0.876. The van der Waals surface area contributed by atoms with Crippen LogP contribution in [0.4, 0.5) is 0 Å². The van der Waals surface area contributed by atoms with Crippen LogP contribution >= 0.6 is 0 Å². The molecule has 1 heterocycles. The highest BCUT2D eigenvalue weighted by Crippen LogP contribution is 2.26. The molecule has 0 spiro atoms. The molecule has 0 aliphatic carbocycles. The molecule has 0 amide bonds. The molecule has 1 aromatic carbocycles. The standard InChI is InChI=1S/C14H19N3/c1-10-7-12(8-15-3)5-6-13(10)14-9-17(4)16-11(14)2/h5-7,9,15H,8H2,1-4H3. The van der Waals surface area contributed by atoms with Gasteiger partial charge in [-0.2, -0.15) is 5.10 Å². The third kappa shape index (κ3) is 2.39. The maximum Gasteiger partial charge on any atom is 0.0672 e. The van der Waals surface area contributed by atoms with Gasteiger partial charge in [0.25, 0.3) is 0 Å². The van der Waals surface area contributed by atoms with Gasteiger partial charge in [-0.1, -0.05) is 18.2 Å². The molecule has 3 nitrogen and oxygen atoms in total. The summed E-state index contributed by atoms with van der Waals surface area (Å²) in [6, 6.07) is 6.59. The number of rotatable bonds is 3. The molecule has 0 radical (unpaired) electrons. The number of aryl methyl sites for hydroxylation is 3. The van der Waals surface area contributed by atoms with E-state index in [1.165, 1.54) is 22.3 Å². The van der Waals surface area contributed by atoms with E-state index in [1.807, 2.05) is 18.8 Å². The summed E-state index contributed by atoms with van der Waals surface area (Å²) in [5.74, 6) is 0. The molecule has 0 bridgehead atoms. The summed E-state index contributed by atoms with van der Waals surface area (Å²) in [4.78, 5) is 0. The second-order valence-electron chi connectivity index (χ2n) is 4.48. The van der Waals surface area contributed by atoms with Crippen LogP contribution in [0.5, 0.6) is 0 Å². The summed E-state index contributed by atoms with van der Waals surface area (Å²) in [5.41, 5.74) is 6.19. The molecular weight excluding hydrogens is 210 g/mol. The van der Waals surface area contributed by atoms with Gasteiger partial charge in [-0.3, -0.25) is 4.68 Å². The average Bonchev–Trinajstić information content (AvgIpc) is 2.58. The lowest BCUT2D eigenvalue weighted by atomic mass is 9.99. The van der Waals surface area contributed by atoms with Gasteiger partial charge in [0.15, 0.2) is 0 Å². The second-order valence-corrected chi connectivity index (χ2v) is 4.48. The first-order valence-electron chi connectivity index (χ1n) is 5.86. The maximum absolute atomic E-state index is 4.39. The van der Waals surface area contributed by atoms with Crippen LogP contribution in [0, 0.1) is 13.8 Å². The van der Waals surface area contributed by atoms with Gasteiger partial charge in [0.05, 0.1) is 5.69 Å². The van der Waals surface area contributed by atoms with E-state index in [2.05, 4.69) is 48.7 Å². The van der Waals surface area contributed by atoms with Crippen LogP contribution in [0.2, 0.25) is 0 Å². The number of nitrogens with zero attached hydrogens (tertiary/aromatic N) is 2. The van der Waals surface area contributed by atoms with Gasteiger partial charge < -0.3 is 5.32 Å². The lowest BCUT2D eigenvalue weighted by Crippen LogP contribution is -2.05. The normalized spacial score (nSPS) is 10.8. The van der Waals surface area contributed by atoms with Gasteiger partial charge in [0, 0.05) is 25.4 Å². The van der Waals surface area contributed by atoms with Crippen molar-refractivity contribution in [1.82, 2.24) is 15.1 Å². The molecule has 1 aromatic heterocycles. The van der Waals surface area contributed by atoms with Crippen molar-refractivity contribution in [3.63, 3.8) is 0 Å². The minimum absolute atomic E-state index is 0.910. The van der Waals surface area contributed by atoms with E-state index in [0.29, 0.717) is 0 Å². The van der Waals surface area contributed by atoms with Crippen molar-refractivity contribution in [3.05, 3.63) is 41.2 Å². The molecule has 2 aromatic rings. The predicted molar refractivity (Wildman–Crippen MR) is 70.9 cm³/mol. The number of hydrogen-bond donors (Lipinski definition) is 1. The first-order chi connectivity index (χ1) is 8.11. The van der Waals surface area contributed by atoms with Gasteiger partial charge in [0.2, 0.25) is 0 Å². The topological polar surface area (TPSA) is 29.9 Å². The molecule has 0 saturated heterocycles. The van der Waals surface area contributed by atoms with Crippen molar-refractivity contribution in [2.45, 2.75) is 20.4 Å². The Kier molecular flexibility index (Phi) is 3.29. The van der Waals surface area contributed by atoms with E-state index in [-0.39, 0.29) is 0 Å². The fourth-order valence-corrected chi connectivity index (χ4v) is 2.21. The third-order valence-corrected chi connectivity index (χ3v) is 2.98. The molecule has 0 saturated carbocycles. The minimum atomic E-state index is 0.910. The van der Waals surface area contributed by atoms with E-state index in [4.69, 9.17) is 0 Å². The average molecular weight is 229 g/mol. The van der Waals surface area contributed by atoms with Crippen molar-refractivity contribution < 1.29 is 0 Å². The van der Waals surface area contributed by atoms with Crippen LogP contribution in [0.15, 0.2) is 24.4 Å². The number of benzene rings is 1. The zero-order valence-corrected chi connectivity index (χ0v) is 10.9. The molecule has 0 aliphatic heterocycles. The Morgan fingerprint density at radius 3 is 2.53 bits per heavy atom. The molecule has 1 N–H and O–H groups in total. The third-order valence-electron chi connectivity index (χ3n) is 2.98. The Bertz CT molecular complexity index is 526. The lowest BCUT2D eigenvalue weighted by molar-refractivity contribution is 0.756. The molecule has 2 rings (SSSR count). The molecule has 0 atom stereocenters. The number of nitrogens with one attached hydrogen (secondary N) is 1. The minimum Gasteiger partial charge on any atom is -0.316 e. The van der Waals surface area contributed by atoms with E-state index in [0.717, 1.165) is 12.2 Å². The predicted octanol–water partition coefficient (Wildman–Crippen LogP) is 2.42. The first-order valence-corrected chi connectivity index (χ1v) is 5.86. The first kappa shape index (κ1) is 11.9. The van der Waals surface area contributed by atoms with E-state index in [9.17, 15) is 0 Å². The zero-order chi connectivity index (χ0) is 12.4. The van der Waals surface area contributed by atoms with Crippen LogP contribution in [-0.4, -0.2) is 16.8 Å². The van der Waals surface area contributed by atoms with Crippen LogP contribution in [-0.2, 0) is 13.6 Å². The Labute approximate surface area is 102 Å². The number of aromatic nitrogens is 2. The van der Waals surface area contributed by atoms with Gasteiger partial charge in [-0.25, -0.2) is 0 Å². The summed E-state index contributed by atoms with van der Waals surface area (Å²) < 4.78 is 1.87. The Morgan fingerprint density at radius 2 is 2.00 bits per heavy atom. The zero-order valence-electron chi connectivity index (χ0n) is 10.9. The van der Waals surface area contributed by atoms with Crippen molar-refractivity contribution in [2.75, 3.05) is 7.05 Å². The highest BCUT2D eigenvalue weighted by atomic mass is 15.2. The monoisotopic (exact) mass is 229 g/mol. The molecule has 90 valence electrons. The maximum atomic E-state index is 4.39. The Balaban J connectivity index is 2.43. The highest BCUT2D eigenvalue weighted by molar-refractivity contribution is 5.69. The fraction of sp³-hybridized carbons (Fsp3) is 0.357. The molecule has 0 fully saturated rings. The van der Waals surface area contributed by atoms with Crippen molar-refractivity contribution in [2.24, 2.45) is 7.05 Å². The lowest BCUT2D eigenvalue weighted by Gasteiger charge is -2.07. The van der Waals surface area contributed by atoms with Crippen LogP contribution in [0.25, 0.3) is 11.1 Å². The summed E-state index contributed by atoms with van der Waals surface area (Å²) in [5, 5.41) is 7.56. The number of hydrogen-bond acceptors (Lipinski definition) is 2. The van der Waals surface area contributed by atoms with Crippen molar-refractivity contribution >= 4 is 0 Å². The van der Waals surface area contributed by atoms with E-state index in [1.54, 1.807) is 0 Å². The molecule has 3 heteroatoms.